The molecule has 5 nitrogen and oxygen atoms in total. The molecule has 0 radical (unpaired) electrons. The van der Waals surface area contributed by atoms with Gasteiger partial charge in [-0.3, -0.25) is 4.79 Å². The third-order valence-electron chi connectivity index (χ3n) is 3.63. The molecule has 0 bridgehead atoms. The van der Waals surface area contributed by atoms with Crippen LogP contribution in [0.4, 0.5) is 11.5 Å². The van der Waals surface area contributed by atoms with Crippen molar-refractivity contribution in [2.45, 2.75) is 25.8 Å². The fourth-order valence-electron chi connectivity index (χ4n) is 2.18. The van der Waals surface area contributed by atoms with Gasteiger partial charge in [-0.15, -0.1) is 0 Å². The van der Waals surface area contributed by atoms with E-state index in [9.17, 15) is 4.79 Å². The molecule has 2 rings (SSSR count). The molecule has 1 aromatic heterocycles. The maximum atomic E-state index is 12.4. The first-order valence-corrected chi connectivity index (χ1v) is 5.84. The molecular formula is C12H19N4O+. The number of nitrogens with two attached hydrogens (primary N) is 1. The summed E-state index contributed by atoms with van der Waals surface area (Å²) in [5, 5.41) is 0. The summed E-state index contributed by atoms with van der Waals surface area (Å²) in [4.78, 5) is 18.1. The fraction of sp³-hybridized carbons (Fsp3) is 0.500. The zero-order valence-electron chi connectivity index (χ0n) is 10.3. The molecule has 0 saturated carbocycles. The van der Waals surface area contributed by atoms with Gasteiger partial charge in [0.05, 0.1) is 0 Å². The van der Waals surface area contributed by atoms with Gasteiger partial charge in [-0.1, -0.05) is 13.8 Å². The quantitative estimate of drug-likeness (QED) is 0.758. The Bertz CT molecular complexity index is 446. The second-order valence-electron chi connectivity index (χ2n) is 4.96. The average Bonchev–Trinajstić information content (AvgIpc) is 2.57. The molecule has 1 atom stereocenters. The third-order valence-corrected chi connectivity index (χ3v) is 3.63. The van der Waals surface area contributed by atoms with Crippen LogP contribution in [0, 0.1) is 5.92 Å². The lowest BCUT2D eigenvalue weighted by Crippen LogP contribution is -2.78. The first-order chi connectivity index (χ1) is 7.95. The molecule has 5 heteroatoms. The highest BCUT2D eigenvalue weighted by Gasteiger charge is 2.50. The Hall–Kier alpha value is -1.62. The zero-order chi connectivity index (χ0) is 12.6. The van der Waals surface area contributed by atoms with Crippen LogP contribution in [-0.2, 0) is 4.79 Å². The average molecular weight is 235 g/mol. The van der Waals surface area contributed by atoms with Crippen LogP contribution in [0.2, 0.25) is 0 Å². The second kappa shape index (κ2) is 4.00. The van der Waals surface area contributed by atoms with Gasteiger partial charge in [0.1, 0.15) is 5.82 Å². The molecule has 0 aromatic carbocycles. The second-order valence-corrected chi connectivity index (χ2v) is 4.96. The van der Waals surface area contributed by atoms with Crippen molar-refractivity contribution in [1.29, 1.82) is 0 Å². The number of hydrogen-bond donors (Lipinski definition) is 2. The zero-order valence-corrected chi connectivity index (χ0v) is 10.3. The number of nitrogens with zero attached hydrogens (tertiary/aromatic N) is 2. The van der Waals surface area contributed by atoms with E-state index < -0.39 is 5.54 Å². The van der Waals surface area contributed by atoms with E-state index in [4.69, 9.17) is 5.73 Å². The molecule has 17 heavy (non-hydrogen) atoms. The van der Waals surface area contributed by atoms with Crippen molar-refractivity contribution in [3.8, 4) is 0 Å². The lowest BCUT2D eigenvalue weighted by Gasteiger charge is -2.23. The van der Waals surface area contributed by atoms with E-state index in [2.05, 4.69) is 10.7 Å². The molecule has 1 aromatic rings. The SMILES string of the molecule is CC(C)C1([NH3+])CCN(c2ccnc(N)c2)C1=O. The number of carbonyl (C=O) groups is 1. The van der Waals surface area contributed by atoms with Crippen LogP contribution in [0.25, 0.3) is 0 Å². The first-order valence-electron chi connectivity index (χ1n) is 5.84. The van der Waals surface area contributed by atoms with Crippen molar-refractivity contribution >= 4 is 17.4 Å². The van der Waals surface area contributed by atoms with Crippen LogP contribution < -0.4 is 16.4 Å². The van der Waals surface area contributed by atoms with Crippen LogP contribution in [0.15, 0.2) is 18.3 Å². The molecule has 1 fully saturated rings. The Morgan fingerprint density at radius 3 is 2.82 bits per heavy atom. The summed E-state index contributed by atoms with van der Waals surface area (Å²) in [5.74, 6) is 0.749. The molecular weight excluding hydrogens is 216 g/mol. The fourth-order valence-corrected chi connectivity index (χ4v) is 2.18. The normalized spacial score (nSPS) is 24.7. The maximum absolute atomic E-state index is 12.4. The van der Waals surface area contributed by atoms with Gasteiger partial charge >= 0.3 is 0 Å². The van der Waals surface area contributed by atoms with E-state index in [1.54, 1.807) is 23.2 Å². The minimum absolute atomic E-state index is 0.0816. The molecule has 0 spiro atoms. The smallest absolute Gasteiger partial charge is 0.288 e. The van der Waals surface area contributed by atoms with Crippen molar-refractivity contribution in [1.82, 2.24) is 4.98 Å². The highest BCUT2D eigenvalue weighted by Crippen LogP contribution is 2.30. The number of quaternary nitrogens is 1. The summed E-state index contributed by atoms with van der Waals surface area (Å²) < 4.78 is 0. The lowest BCUT2D eigenvalue weighted by molar-refractivity contribution is -0.467. The van der Waals surface area contributed by atoms with Gasteiger partial charge in [0.15, 0.2) is 5.54 Å². The van der Waals surface area contributed by atoms with Gasteiger partial charge in [0.25, 0.3) is 5.91 Å². The number of hydrogen-bond acceptors (Lipinski definition) is 3. The van der Waals surface area contributed by atoms with Crippen LogP contribution in [0.5, 0.6) is 0 Å². The highest BCUT2D eigenvalue weighted by molar-refractivity contribution is 6.01. The van der Waals surface area contributed by atoms with Crippen LogP contribution in [-0.4, -0.2) is 23.0 Å². The highest BCUT2D eigenvalue weighted by atomic mass is 16.2. The number of aromatic nitrogens is 1. The predicted molar refractivity (Wildman–Crippen MR) is 66.1 cm³/mol. The maximum Gasteiger partial charge on any atom is 0.288 e. The lowest BCUT2D eigenvalue weighted by atomic mass is 9.86. The van der Waals surface area contributed by atoms with Crippen molar-refractivity contribution in [2.24, 2.45) is 5.92 Å². The van der Waals surface area contributed by atoms with Crippen molar-refractivity contribution in [3.63, 3.8) is 0 Å². The van der Waals surface area contributed by atoms with Gasteiger partial charge in [-0.25, -0.2) is 4.98 Å². The largest absolute Gasteiger partial charge is 0.384 e. The molecule has 1 aliphatic heterocycles. The molecule has 92 valence electrons. The summed E-state index contributed by atoms with van der Waals surface area (Å²) in [6, 6.07) is 3.53. The van der Waals surface area contributed by atoms with Gasteiger partial charge in [0, 0.05) is 36.8 Å². The molecule has 5 N–H and O–H groups in total. The summed E-state index contributed by atoms with van der Waals surface area (Å²) in [7, 11) is 0. The monoisotopic (exact) mass is 235 g/mol. The number of nitrogen functional groups attached to an aromatic ring is 1. The van der Waals surface area contributed by atoms with E-state index in [1.165, 1.54) is 0 Å². The van der Waals surface area contributed by atoms with Gasteiger partial charge < -0.3 is 16.4 Å². The summed E-state index contributed by atoms with van der Waals surface area (Å²) in [6.07, 6.45) is 2.40. The van der Waals surface area contributed by atoms with E-state index in [-0.39, 0.29) is 11.8 Å². The summed E-state index contributed by atoms with van der Waals surface area (Å²) in [6.45, 7) is 4.77. The number of anilines is 2. The minimum atomic E-state index is -0.502. The van der Waals surface area contributed by atoms with Crippen molar-refractivity contribution in [3.05, 3.63) is 18.3 Å². The number of amides is 1. The number of carbonyl (C=O) groups excluding carboxylic acids is 1. The van der Waals surface area contributed by atoms with E-state index in [1.807, 2.05) is 13.8 Å². The number of rotatable bonds is 2. The molecule has 1 amide bonds. The first kappa shape index (κ1) is 11.9. The van der Waals surface area contributed by atoms with Gasteiger partial charge in [-0.2, -0.15) is 0 Å². The standard InChI is InChI=1S/C12H18N4O/c1-8(2)12(14)4-6-16(11(12)17)9-3-5-15-10(13)7-9/h3,5,7-8H,4,6,14H2,1-2H3,(H2,13,15)/p+1. The Balaban J connectivity index is 2.30. The topological polar surface area (TPSA) is 86.9 Å². The minimum Gasteiger partial charge on any atom is -0.384 e. The number of pyridine rings is 1. The Morgan fingerprint density at radius 1 is 1.59 bits per heavy atom. The van der Waals surface area contributed by atoms with E-state index >= 15 is 0 Å². The van der Waals surface area contributed by atoms with E-state index in [0.29, 0.717) is 12.4 Å². The van der Waals surface area contributed by atoms with Gasteiger partial charge in [-0.05, 0) is 6.07 Å². The van der Waals surface area contributed by atoms with Crippen LogP contribution in [0.3, 0.4) is 0 Å². The Labute approximate surface area is 101 Å². The van der Waals surface area contributed by atoms with E-state index in [0.717, 1.165) is 12.1 Å². The molecule has 1 unspecified atom stereocenters. The van der Waals surface area contributed by atoms with Gasteiger partial charge in [0.2, 0.25) is 0 Å². The molecule has 2 heterocycles. The van der Waals surface area contributed by atoms with Crippen molar-refractivity contribution in [2.75, 3.05) is 17.2 Å². The molecule has 1 saturated heterocycles. The summed E-state index contributed by atoms with van der Waals surface area (Å²) >= 11 is 0. The predicted octanol–water partition coefficient (Wildman–Crippen LogP) is 0.0372. The summed E-state index contributed by atoms with van der Waals surface area (Å²) in [5.41, 5.74) is 10.1. The Morgan fingerprint density at radius 2 is 2.29 bits per heavy atom. The molecule has 1 aliphatic rings. The van der Waals surface area contributed by atoms with Crippen LogP contribution >= 0.6 is 0 Å². The van der Waals surface area contributed by atoms with Crippen molar-refractivity contribution < 1.29 is 10.5 Å². The molecule has 0 aliphatic carbocycles. The Kier molecular flexibility index (Phi) is 2.79. The third kappa shape index (κ3) is 1.86. The van der Waals surface area contributed by atoms with Crippen LogP contribution in [0.1, 0.15) is 20.3 Å².